The molecule has 1 saturated carbocycles. The van der Waals surface area contributed by atoms with E-state index < -0.39 is 5.97 Å². The highest BCUT2D eigenvalue weighted by Crippen LogP contribution is 2.34. The number of halogens is 1. The predicted octanol–water partition coefficient (Wildman–Crippen LogP) is 3.73. The van der Waals surface area contributed by atoms with Crippen LogP contribution in [0.25, 0.3) is 10.9 Å². The number of hydrogen-bond acceptors (Lipinski definition) is 2. The molecule has 2 aromatic rings. The van der Waals surface area contributed by atoms with Crippen molar-refractivity contribution >= 4 is 16.9 Å². The van der Waals surface area contributed by atoms with Crippen molar-refractivity contribution in [1.29, 1.82) is 0 Å². The monoisotopic (exact) mass is 259 g/mol. The fourth-order valence-corrected chi connectivity index (χ4v) is 2.83. The molecule has 0 amide bonds. The number of pyridine rings is 1. The van der Waals surface area contributed by atoms with Crippen molar-refractivity contribution in [2.24, 2.45) is 0 Å². The maximum absolute atomic E-state index is 13.3. The number of fused-ring (bicyclic) bond motifs is 1. The van der Waals surface area contributed by atoms with Gasteiger partial charge in [-0.2, -0.15) is 0 Å². The van der Waals surface area contributed by atoms with E-state index in [-0.39, 0.29) is 11.4 Å². The summed E-state index contributed by atoms with van der Waals surface area (Å²) in [7, 11) is 0. The van der Waals surface area contributed by atoms with Crippen molar-refractivity contribution in [3.8, 4) is 0 Å². The number of carboxylic acid groups (broad SMARTS) is 1. The molecule has 0 bridgehead atoms. The average Bonchev–Trinajstić information content (AvgIpc) is 2.90. The van der Waals surface area contributed by atoms with Crippen LogP contribution in [0.5, 0.6) is 0 Å². The first kappa shape index (κ1) is 12.1. The van der Waals surface area contributed by atoms with Gasteiger partial charge in [-0.15, -0.1) is 0 Å². The molecule has 0 aliphatic heterocycles. The smallest absolute Gasteiger partial charge is 0.336 e. The summed E-state index contributed by atoms with van der Waals surface area (Å²) < 4.78 is 13.3. The first-order valence-electron chi connectivity index (χ1n) is 6.48. The number of aromatic carboxylic acids is 1. The Morgan fingerprint density at radius 3 is 2.68 bits per heavy atom. The molecule has 1 aliphatic carbocycles. The number of rotatable bonds is 2. The molecule has 1 aromatic heterocycles. The van der Waals surface area contributed by atoms with Crippen LogP contribution in [0.3, 0.4) is 0 Å². The molecular weight excluding hydrogens is 245 g/mol. The van der Waals surface area contributed by atoms with Gasteiger partial charge in [-0.25, -0.2) is 9.18 Å². The molecule has 0 spiro atoms. The van der Waals surface area contributed by atoms with Crippen molar-refractivity contribution in [3.63, 3.8) is 0 Å². The van der Waals surface area contributed by atoms with Crippen LogP contribution >= 0.6 is 0 Å². The Bertz CT molecular complexity index is 648. The van der Waals surface area contributed by atoms with Gasteiger partial charge in [0.05, 0.1) is 11.1 Å². The molecule has 1 aliphatic rings. The molecule has 98 valence electrons. The van der Waals surface area contributed by atoms with Gasteiger partial charge >= 0.3 is 5.97 Å². The van der Waals surface area contributed by atoms with Crippen LogP contribution in [0, 0.1) is 5.82 Å². The molecule has 1 fully saturated rings. The number of nitrogens with zero attached hydrogens (tertiary/aromatic N) is 1. The second-order valence-corrected chi connectivity index (χ2v) is 5.04. The molecule has 0 saturated heterocycles. The quantitative estimate of drug-likeness (QED) is 0.894. The first-order valence-corrected chi connectivity index (χ1v) is 6.48. The van der Waals surface area contributed by atoms with Gasteiger partial charge in [0.25, 0.3) is 0 Å². The molecule has 1 N–H and O–H groups in total. The van der Waals surface area contributed by atoms with Crippen LogP contribution < -0.4 is 0 Å². The second kappa shape index (κ2) is 4.61. The van der Waals surface area contributed by atoms with Crippen molar-refractivity contribution in [2.75, 3.05) is 0 Å². The topological polar surface area (TPSA) is 50.2 Å². The van der Waals surface area contributed by atoms with E-state index >= 15 is 0 Å². The lowest BCUT2D eigenvalue weighted by Gasteiger charge is -2.11. The molecular formula is C15H14FNO2. The summed E-state index contributed by atoms with van der Waals surface area (Å²) in [6, 6.07) is 5.71. The minimum atomic E-state index is -0.988. The summed E-state index contributed by atoms with van der Waals surface area (Å²) in [5.74, 6) is -1.07. The van der Waals surface area contributed by atoms with E-state index in [1.807, 2.05) is 0 Å². The zero-order chi connectivity index (χ0) is 13.4. The maximum Gasteiger partial charge on any atom is 0.336 e. The lowest BCUT2D eigenvalue weighted by atomic mass is 9.99. The van der Waals surface area contributed by atoms with E-state index in [0.29, 0.717) is 16.8 Å². The van der Waals surface area contributed by atoms with Crippen LogP contribution in [-0.2, 0) is 0 Å². The van der Waals surface area contributed by atoms with Crippen LogP contribution in [0.1, 0.15) is 47.7 Å². The summed E-state index contributed by atoms with van der Waals surface area (Å²) in [5.41, 5.74) is 1.43. The van der Waals surface area contributed by atoms with Gasteiger partial charge in [0.1, 0.15) is 5.82 Å². The van der Waals surface area contributed by atoms with E-state index in [1.165, 1.54) is 18.2 Å². The Morgan fingerprint density at radius 1 is 1.26 bits per heavy atom. The highest BCUT2D eigenvalue weighted by molar-refractivity contribution is 6.02. The Morgan fingerprint density at radius 2 is 2.00 bits per heavy atom. The fraction of sp³-hybridized carbons (Fsp3) is 0.333. The van der Waals surface area contributed by atoms with E-state index in [1.54, 1.807) is 6.07 Å². The summed E-state index contributed by atoms with van der Waals surface area (Å²) in [6.45, 7) is 0. The minimum Gasteiger partial charge on any atom is -0.478 e. The van der Waals surface area contributed by atoms with Crippen molar-refractivity contribution in [1.82, 2.24) is 4.98 Å². The van der Waals surface area contributed by atoms with E-state index in [9.17, 15) is 14.3 Å². The molecule has 0 unspecified atom stereocenters. The third-order valence-corrected chi connectivity index (χ3v) is 3.80. The molecule has 1 aromatic carbocycles. The van der Waals surface area contributed by atoms with Gasteiger partial charge in [0.15, 0.2) is 0 Å². The molecule has 0 radical (unpaired) electrons. The Kier molecular flexibility index (Phi) is 2.93. The summed E-state index contributed by atoms with van der Waals surface area (Å²) in [5, 5.41) is 9.79. The Balaban J connectivity index is 2.21. The first-order chi connectivity index (χ1) is 9.15. The Labute approximate surface area is 110 Å². The van der Waals surface area contributed by atoms with Gasteiger partial charge in [-0.1, -0.05) is 12.8 Å². The third-order valence-electron chi connectivity index (χ3n) is 3.80. The molecule has 3 nitrogen and oxygen atoms in total. The molecule has 3 rings (SSSR count). The third kappa shape index (κ3) is 2.18. The van der Waals surface area contributed by atoms with E-state index in [2.05, 4.69) is 4.98 Å². The van der Waals surface area contributed by atoms with Gasteiger partial charge < -0.3 is 5.11 Å². The van der Waals surface area contributed by atoms with Gasteiger partial charge in [0, 0.05) is 23.1 Å². The SMILES string of the molecule is O=C(O)c1cc(C2CCCC2)nc2cc(F)ccc12. The lowest BCUT2D eigenvalue weighted by molar-refractivity contribution is 0.0699. The normalized spacial score (nSPS) is 16.1. The van der Waals surface area contributed by atoms with Crippen LogP contribution in [-0.4, -0.2) is 16.1 Å². The molecule has 0 atom stereocenters. The second-order valence-electron chi connectivity index (χ2n) is 5.04. The number of carboxylic acids is 1. The van der Waals surface area contributed by atoms with Crippen molar-refractivity contribution in [3.05, 3.63) is 41.3 Å². The summed E-state index contributed by atoms with van der Waals surface area (Å²) >= 11 is 0. The van der Waals surface area contributed by atoms with Crippen molar-refractivity contribution in [2.45, 2.75) is 31.6 Å². The van der Waals surface area contributed by atoms with Gasteiger partial charge in [-0.3, -0.25) is 4.98 Å². The van der Waals surface area contributed by atoms with E-state index in [0.717, 1.165) is 31.4 Å². The number of hydrogen-bond donors (Lipinski definition) is 1. The molecule has 4 heteroatoms. The number of aromatic nitrogens is 1. The van der Waals surface area contributed by atoms with Crippen LogP contribution in [0.4, 0.5) is 4.39 Å². The van der Waals surface area contributed by atoms with Gasteiger partial charge in [0.2, 0.25) is 0 Å². The van der Waals surface area contributed by atoms with Crippen molar-refractivity contribution < 1.29 is 14.3 Å². The van der Waals surface area contributed by atoms with Crippen LogP contribution in [0.15, 0.2) is 24.3 Å². The number of carbonyl (C=O) groups is 1. The maximum atomic E-state index is 13.3. The fourth-order valence-electron chi connectivity index (χ4n) is 2.83. The zero-order valence-electron chi connectivity index (χ0n) is 10.4. The summed E-state index contributed by atoms with van der Waals surface area (Å²) in [6.07, 6.45) is 4.37. The largest absolute Gasteiger partial charge is 0.478 e. The Hall–Kier alpha value is -1.97. The highest BCUT2D eigenvalue weighted by Gasteiger charge is 2.21. The predicted molar refractivity (Wildman–Crippen MR) is 69.9 cm³/mol. The van der Waals surface area contributed by atoms with Gasteiger partial charge in [-0.05, 0) is 31.0 Å². The average molecular weight is 259 g/mol. The standard InChI is InChI=1S/C15H14FNO2/c16-10-5-6-11-12(15(18)19)8-13(17-14(11)7-10)9-3-1-2-4-9/h5-9H,1-4H2,(H,18,19). The zero-order valence-corrected chi connectivity index (χ0v) is 10.4. The molecule has 1 heterocycles. The minimum absolute atomic E-state index is 0.215. The lowest BCUT2D eigenvalue weighted by Crippen LogP contribution is -2.04. The van der Waals surface area contributed by atoms with E-state index in [4.69, 9.17) is 0 Å². The molecule has 19 heavy (non-hydrogen) atoms. The number of benzene rings is 1. The summed E-state index contributed by atoms with van der Waals surface area (Å²) in [4.78, 5) is 15.8. The van der Waals surface area contributed by atoms with Crippen LogP contribution in [0.2, 0.25) is 0 Å². The highest BCUT2D eigenvalue weighted by atomic mass is 19.1.